The molecule has 0 bridgehead atoms. The minimum atomic E-state index is -4.27. The number of anilines is 1. The summed E-state index contributed by atoms with van der Waals surface area (Å²) < 4.78 is 35.8. The van der Waals surface area contributed by atoms with Crippen molar-refractivity contribution in [3.05, 3.63) is 120 Å². The minimum absolute atomic E-state index is 0.0379. The van der Waals surface area contributed by atoms with Crippen LogP contribution in [0, 0.1) is 6.92 Å². The van der Waals surface area contributed by atoms with Crippen LogP contribution in [0.2, 0.25) is 0 Å². The first-order valence-electron chi connectivity index (χ1n) is 15.9. The summed E-state index contributed by atoms with van der Waals surface area (Å²) in [6.45, 7) is 9.27. The smallest absolute Gasteiger partial charge is 0.264 e. The molecule has 1 N–H and O–H groups in total. The number of amides is 2. The summed E-state index contributed by atoms with van der Waals surface area (Å²) >= 11 is 1.50. The predicted molar refractivity (Wildman–Crippen MR) is 194 cm³/mol. The fourth-order valence-electron chi connectivity index (χ4n) is 5.34. The Balaban J connectivity index is 1.86. The van der Waals surface area contributed by atoms with Crippen molar-refractivity contribution >= 4 is 39.3 Å². The zero-order valence-corrected chi connectivity index (χ0v) is 30.1. The van der Waals surface area contributed by atoms with Gasteiger partial charge in [0.05, 0.1) is 17.2 Å². The lowest BCUT2D eigenvalue weighted by Crippen LogP contribution is -2.56. The van der Waals surface area contributed by atoms with Gasteiger partial charge < -0.3 is 15.0 Å². The molecule has 0 aromatic heterocycles. The molecule has 48 heavy (non-hydrogen) atoms. The molecule has 0 aliphatic carbocycles. The molecule has 0 aliphatic heterocycles. The number of nitrogens with zero attached hydrogens (tertiary/aromatic N) is 2. The second-order valence-corrected chi connectivity index (χ2v) is 15.3. The molecule has 10 heteroatoms. The summed E-state index contributed by atoms with van der Waals surface area (Å²) in [5.41, 5.74) is 2.35. The molecule has 4 aromatic rings. The fraction of sp³-hybridized carbons (Fsp3) is 0.316. The number of hydrogen-bond acceptors (Lipinski definition) is 6. The highest BCUT2D eigenvalue weighted by atomic mass is 32.2. The van der Waals surface area contributed by atoms with Crippen LogP contribution in [-0.2, 0) is 32.6 Å². The highest BCUT2D eigenvalue weighted by Gasteiger charge is 2.36. The second kappa shape index (κ2) is 16.2. The third kappa shape index (κ3) is 9.64. The highest BCUT2D eigenvalue weighted by Crippen LogP contribution is 2.33. The topological polar surface area (TPSA) is 96.0 Å². The van der Waals surface area contributed by atoms with E-state index in [1.807, 2.05) is 95.5 Å². The van der Waals surface area contributed by atoms with Crippen LogP contribution in [0.1, 0.15) is 44.4 Å². The van der Waals surface area contributed by atoms with Crippen molar-refractivity contribution in [2.75, 3.05) is 23.7 Å². The van der Waals surface area contributed by atoms with Gasteiger partial charge in [0.25, 0.3) is 10.0 Å². The van der Waals surface area contributed by atoms with E-state index >= 15 is 0 Å². The Labute approximate surface area is 289 Å². The first kappa shape index (κ1) is 36.6. The van der Waals surface area contributed by atoms with Crippen molar-refractivity contribution < 1.29 is 22.7 Å². The summed E-state index contributed by atoms with van der Waals surface area (Å²) in [6, 6.07) is 29.7. The summed E-state index contributed by atoms with van der Waals surface area (Å²) in [4.78, 5) is 31.3. The van der Waals surface area contributed by atoms with E-state index in [0.717, 1.165) is 25.9 Å². The molecule has 0 heterocycles. The Kier molecular flexibility index (Phi) is 12.3. The minimum Gasteiger partial charge on any atom is -0.492 e. The van der Waals surface area contributed by atoms with Gasteiger partial charge >= 0.3 is 0 Å². The van der Waals surface area contributed by atoms with E-state index in [0.29, 0.717) is 12.4 Å². The average molecular weight is 688 g/mol. The molecule has 2 amide bonds. The first-order valence-corrected chi connectivity index (χ1v) is 18.6. The van der Waals surface area contributed by atoms with Crippen LogP contribution in [0.5, 0.6) is 5.75 Å². The zero-order chi connectivity index (χ0) is 34.9. The van der Waals surface area contributed by atoms with Crippen LogP contribution >= 0.6 is 11.8 Å². The van der Waals surface area contributed by atoms with E-state index in [9.17, 15) is 18.0 Å². The van der Waals surface area contributed by atoms with Crippen LogP contribution < -0.4 is 14.4 Å². The van der Waals surface area contributed by atoms with Crippen molar-refractivity contribution in [1.29, 1.82) is 0 Å². The Morgan fingerprint density at radius 3 is 2.15 bits per heavy atom. The maximum atomic E-state index is 14.8. The van der Waals surface area contributed by atoms with Crippen molar-refractivity contribution in [1.82, 2.24) is 10.2 Å². The summed E-state index contributed by atoms with van der Waals surface area (Å²) in [7, 11) is -4.27. The fourth-order valence-corrected chi connectivity index (χ4v) is 7.18. The number of ether oxygens (including phenoxy) is 1. The van der Waals surface area contributed by atoms with Gasteiger partial charge in [0.15, 0.2) is 0 Å². The normalized spacial score (nSPS) is 12.2. The van der Waals surface area contributed by atoms with E-state index in [2.05, 4.69) is 5.32 Å². The zero-order valence-electron chi connectivity index (χ0n) is 28.5. The SMILES string of the molecule is CCOc1ccccc1N(CC(=O)N(Cc1cccc(C)c1)[C@@H](Cc1ccccc1)C(=O)NC(C)(C)C)S(=O)(=O)c1ccc(SC)cc1. The number of carbonyl (C=O) groups excluding carboxylic acids is 2. The van der Waals surface area contributed by atoms with Crippen molar-refractivity contribution in [3.63, 3.8) is 0 Å². The Hall–Kier alpha value is -4.28. The van der Waals surface area contributed by atoms with Gasteiger partial charge in [-0.25, -0.2) is 8.42 Å². The number of thioether (sulfide) groups is 1. The van der Waals surface area contributed by atoms with Crippen LogP contribution in [0.25, 0.3) is 0 Å². The molecule has 0 saturated heterocycles. The highest BCUT2D eigenvalue weighted by molar-refractivity contribution is 7.98. The summed E-state index contributed by atoms with van der Waals surface area (Å²) in [6.07, 6.45) is 2.15. The van der Waals surface area contributed by atoms with Crippen LogP contribution in [0.4, 0.5) is 5.69 Å². The van der Waals surface area contributed by atoms with Gasteiger partial charge in [-0.3, -0.25) is 13.9 Å². The van der Waals surface area contributed by atoms with E-state index in [1.54, 1.807) is 48.5 Å². The lowest BCUT2D eigenvalue weighted by atomic mass is 10.0. The van der Waals surface area contributed by atoms with E-state index in [4.69, 9.17) is 4.74 Å². The molecular weight excluding hydrogens is 643 g/mol. The van der Waals surface area contributed by atoms with Gasteiger partial charge in [-0.05, 0) is 88.4 Å². The molecular formula is C38H45N3O5S2. The number of rotatable bonds is 14. The number of para-hydroxylation sites is 2. The van der Waals surface area contributed by atoms with Gasteiger partial charge in [-0.15, -0.1) is 11.8 Å². The van der Waals surface area contributed by atoms with Crippen LogP contribution in [0.3, 0.4) is 0 Å². The molecule has 0 unspecified atom stereocenters. The molecule has 254 valence electrons. The molecule has 0 fully saturated rings. The standard InChI is InChI=1S/C38H45N3O5S2/c1-7-46-35-19-12-11-18-33(35)41(48(44,45)32-22-20-31(47-6)21-23-32)27-36(42)40(26-30-17-13-14-28(2)24-30)34(37(43)39-38(3,4)5)25-29-15-9-8-10-16-29/h8-24,34H,7,25-27H2,1-6H3,(H,39,43)/t34-/m0/s1. The largest absolute Gasteiger partial charge is 0.492 e. The van der Waals surface area contributed by atoms with Gasteiger partial charge in [0.1, 0.15) is 18.3 Å². The first-order chi connectivity index (χ1) is 22.8. The van der Waals surface area contributed by atoms with Crippen molar-refractivity contribution in [2.45, 2.75) is 69.0 Å². The molecule has 0 radical (unpaired) electrons. The molecule has 0 spiro atoms. The molecule has 0 aliphatic rings. The quantitative estimate of drug-likeness (QED) is 0.146. The van der Waals surface area contributed by atoms with Crippen molar-refractivity contribution in [3.8, 4) is 5.75 Å². The predicted octanol–water partition coefficient (Wildman–Crippen LogP) is 6.87. The number of aryl methyl sites for hydroxylation is 1. The van der Waals surface area contributed by atoms with Crippen molar-refractivity contribution in [2.24, 2.45) is 0 Å². The van der Waals surface area contributed by atoms with E-state index in [-0.39, 0.29) is 29.5 Å². The lowest BCUT2D eigenvalue weighted by Gasteiger charge is -2.35. The molecule has 0 saturated carbocycles. The Morgan fingerprint density at radius 2 is 1.52 bits per heavy atom. The molecule has 4 aromatic carbocycles. The molecule has 4 rings (SSSR count). The van der Waals surface area contributed by atoms with Gasteiger partial charge in [0.2, 0.25) is 11.8 Å². The maximum Gasteiger partial charge on any atom is 0.264 e. The summed E-state index contributed by atoms with van der Waals surface area (Å²) in [5.74, 6) is -0.533. The monoisotopic (exact) mass is 687 g/mol. The van der Waals surface area contributed by atoms with Gasteiger partial charge in [-0.2, -0.15) is 0 Å². The molecule has 1 atom stereocenters. The van der Waals surface area contributed by atoms with Gasteiger partial charge in [-0.1, -0.05) is 72.3 Å². The number of carbonyl (C=O) groups is 2. The average Bonchev–Trinajstić information content (AvgIpc) is 3.05. The summed E-state index contributed by atoms with van der Waals surface area (Å²) in [5, 5.41) is 3.06. The second-order valence-electron chi connectivity index (χ2n) is 12.5. The van der Waals surface area contributed by atoms with Crippen LogP contribution in [0.15, 0.2) is 113 Å². The number of nitrogens with one attached hydrogen (secondary N) is 1. The Bertz CT molecular complexity index is 1790. The van der Waals surface area contributed by atoms with Gasteiger partial charge in [0, 0.05) is 23.4 Å². The number of benzene rings is 4. The maximum absolute atomic E-state index is 14.8. The molecule has 8 nitrogen and oxygen atoms in total. The Morgan fingerprint density at radius 1 is 0.875 bits per heavy atom. The number of hydrogen-bond donors (Lipinski definition) is 1. The van der Waals surface area contributed by atoms with E-state index in [1.165, 1.54) is 16.7 Å². The third-order valence-corrected chi connectivity index (χ3v) is 10.1. The lowest BCUT2D eigenvalue weighted by molar-refractivity contribution is -0.140. The van der Waals surface area contributed by atoms with E-state index < -0.39 is 34.1 Å². The van der Waals surface area contributed by atoms with Crippen LogP contribution in [-0.4, -0.2) is 56.1 Å². The third-order valence-electron chi connectivity index (χ3n) is 7.56. The number of sulfonamides is 1.